The molecule has 11 rings (SSSR count). The lowest BCUT2D eigenvalue weighted by Gasteiger charge is -2.26. The number of rotatable bonds is 8. The van der Waals surface area contributed by atoms with Crippen LogP contribution in [0.1, 0.15) is 0 Å². The lowest BCUT2D eigenvalue weighted by molar-refractivity contribution is 1.07. The molecule has 3 nitrogen and oxygen atoms in total. The Kier molecular flexibility index (Phi) is 8.49. The molecule has 2 aromatic heterocycles. The second kappa shape index (κ2) is 14.6. The summed E-state index contributed by atoms with van der Waals surface area (Å²) in [7, 11) is 0. The Morgan fingerprint density at radius 2 is 0.644 bits per heavy atom. The lowest BCUT2D eigenvalue weighted by Crippen LogP contribution is -2.10. The van der Waals surface area contributed by atoms with Crippen LogP contribution in [0.15, 0.2) is 237 Å². The molecule has 2 heterocycles. The minimum absolute atomic E-state index is 1.08. The lowest BCUT2D eigenvalue weighted by atomic mass is 10.0. The minimum atomic E-state index is 1.08. The molecule has 278 valence electrons. The van der Waals surface area contributed by atoms with Gasteiger partial charge < -0.3 is 4.90 Å². The maximum absolute atomic E-state index is 2.46. The van der Waals surface area contributed by atoms with Gasteiger partial charge in [-0.2, -0.15) is 0 Å². The van der Waals surface area contributed by atoms with Gasteiger partial charge in [-0.1, -0.05) is 164 Å². The number of nitrogens with zero attached hydrogens (tertiary/aromatic N) is 3. The summed E-state index contributed by atoms with van der Waals surface area (Å²) in [6, 6.07) is 85.2. The van der Waals surface area contributed by atoms with Crippen molar-refractivity contribution in [2.24, 2.45) is 0 Å². The van der Waals surface area contributed by atoms with Gasteiger partial charge in [0.1, 0.15) is 5.65 Å². The third-order valence-electron chi connectivity index (χ3n) is 11.5. The van der Waals surface area contributed by atoms with E-state index in [1.807, 2.05) is 0 Å². The highest BCUT2D eigenvalue weighted by atomic mass is 15.2. The fourth-order valence-corrected chi connectivity index (χ4v) is 8.72. The first-order chi connectivity index (χ1) is 29.3. The third kappa shape index (κ3) is 6.08. The van der Waals surface area contributed by atoms with Gasteiger partial charge in [0.15, 0.2) is 0 Å². The summed E-state index contributed by atoms with van der Waals surface area (Å²) in [5.41, 5.74) is 16.2. The zero-order valence-corrected chi connectivity index (χ0v) is 32.4. The Balaban J connectivity index is 1.10. The molecule has 0 amide bonds. The van der Waals surface area contributed by atoms with Gasteiger partial charge in [-0.05, 0) is 106 Å². The molecule has 11 aromatic rings. The Labute approximate surface area is 343 Å². The van der Waals surface area contributed by atoms with E-state index in [2.05, 4.69) is 251 Å². The van der Waals surface area contributed by atoms with Crippen molar-refractivity contribution in [1.82, 2.24) is 9.13 Å². The summed E-state index contributed by atoms with van der Waals surface area (Å²) in [6.07, 6.45) is 0. The Hall–Kier alpha value is -7.88. The molecular formula is C56H39N3. The van der Waals surface area contributed by atoms with Crippen LogP contribution in [0.5, 0.6) is 0 Å². The number of para-hydroxylation sites is 2. The van der Waals surface area contributed by atoms with Crippen LogP contribution in [0.4, 0.5) is 17.1 Å². The highest BCUT2D eigenvalue weighted by Crippen LogP contribution is 2.43. The van der Waals surface area contributed by atoms with E-state index in [4.69, 9.17) is 0 Å². The molecule has 0 N–H and O–H groups in total. The molecule has 3 heteroatoms. The van der Waals surface area contributed by atoms with Gasteiger partial charge in [-0.3, -0.25) is 9.13 Å². The zero-order chi connectivity index (χ0) is 39.1. The van der Waals surface area contributed by atoms with Crippen molar-refractivity contribution in [3.05, 3.63) is 237 Å². The van der Waals surface area contributed by atoms with Crippen LogP contribution >= 0.6 is 0 Å². The summed E-state index contributed by atoms with van der Waals surface area (Å²) in [6.45, 7) is 0. The van der Waals surface area contributed by atoms with E-state index in [9.17, 15) is 0 Å². The molecule has 0 radical (unpaired) electrons. The van der Waals surface area contributed by atoms with Crippen LogP contribution < -0.4 is 4.90 Å². The number of fused-ring (bicyclic) bond motifs is 5. The average Bonchev–Trinajstić information content (AvgIpc) is 3.83. The summed E-state index contributed by atoms with van der Waals surface area (Å²) in [5, 5.41) is 3.72. The van der Waals surface area contributed by atoms with E-state index in [1.54, 1.807) is 0 Å². The van der Waals surface area contributed by atoms with E-state index < -0.39 is 0 Å². The van der Waals surface area contributed by atoms with Crippen LogP contribution in [0.3, 0.4) is 0 Å². The summed E-state index contributed by atoms with van der Waals surface area (Å²) in [5.74, 6) is 0. The SMILES string of the molecule is c1ccc(-c2ccc(N(c3ccc(-c4ccccc4)cc3)c3ccc(-n4c5cc(-c6ccccc6)ccc5c5c6ccccc6n(-c6ccccc6)c54)cc3)cc2)cc1. The predicted octanol–water partition coefficient (Wildman–Crippen LogP) is 15.2. The van der Waals surface area contributed by atoms with E-state index in [0.717, 1.165) is 34.1 Å². The van der Waals surface area contributed by atoms with Gasteiger partial charge >= 0.3 is 0 Å². The van der Waals surface area contributed by atoms with Crippen molar-refractivity contribution in [3.8, 4) is 44.8 Å². The second-order valence-corrected chi connectivity index (χ2v) is 15.0. The summed E-state index contributed by atoms with van der Waals surface area (Å²) < 4.78 is 4.89. The second-order valence-electron chi connectivity index (χ2n) is 15.0. The number of hydrogen-bond acceptors (Lipinski definition) is 1. The van der Waals surface area contributed by atoms with Gasteiger partial charge in [0.2, 0.25) is 0 Å². The van der Waals surface area contributed by atoms with Crippen LogP contribution in [0, 0.1) is 0 Å². The molecule has 0 aliphatic rings. The Morgan fingerprint density at radius 1 is 0.271 bits per heavy atom. The molecule has 0 unspecified atom stereocenters. The van der Waals surface area contributed by atoms with Gasteiger partial charge in [0, 0.05) is 44.6 Å². The Morgan fingerprint density at radius 3 is 1.19 bits per heavy atom. The zero-order valence-electron chi connectivity index (χ0n) is 32.4. The molecule has 0 aliphatic carbocycles. The molecule has 0 atom stereocenters. The van der Waals surface area contributed by atoms with Gasteiger partial charge in [0.05, 0.1) is 11.0 Å². The molecule has 0 saturated heterocycles. The van der Waals surface area contributed by atoms with Crippen molar-refractivity contribution >= 4 is 49.9 Å². The van der Waals surface area contributed by atoms with Crippen molar-refractivity contribution < 1.29 is 0 Å². The van der Waals surface area contributed by atoms with Gasteiger partial charge in [0.25, 0.3) is 0 Å². The van der Waals surface area contributed by atoms with E-state index in [-0.39, 0.29) is 0 Å². The Bertz CT molecular complexity index is 3120. The van der Waals surface area contributed by atoms with E-state index in [1.165, 1.54) is 60.6 Å². The minimum Gasteiger partial charge on any atom is -0.311 e. The third-order valence-corrected chi connectivity index (χ3v) is 11.5. The fourth-order valence-electron chi connectivity index (χ4n) is 8.72. The topological polar surface area (TPSA) is 13.1 Å². The van der Waals surface area contributed by atoms with Crippen molar-refractivity contribution in [3.63, 3.8) is 0 Å². The first-order valence-electron chi connectivity index (χ1n) is 20.2. The van der Waals surface area contributed by atoms with Crippen LogP contribution in [-0.4, -0.2) is 9.13 Å². The standard InChI is InChI=1S/C56H39N3/c1-5-15-40(16-6-1)43-25-30-47(31-26-43)57(48-32-27-44(28-33-48)41-17-7-2-8-18-41)49-34-36-50(37-35-49)59-54-39-45(42-19-9-3-10-20-42)29-38-52(54)55-51-23-13-14-24-53(51)58(56(55)59)46-21-11-4-12-22-46/h1-39H. The number of hydrogen-bond donors (Lipinski definition) is 0. The largest absolute Gasteiger partial charge is 0.311 e. The average molecular weight is 754 g/mol. The molecule has 0 fully saturated rings. The number of aromatic nitrogens is 2. The normalized spacial score (nSPS) is 11.4. The summed E-state index contributed by atoms with van der Waals surface area (Å²) in [4.78, 5) is 2.35. The molecule has 59 heavy (non-hydrogen) atoms. The number of anilines is 3. The molecular weight excluding hydrogens is 715 g/mol. The van der Waals surface area contributed by atoms with E-state index in [0.29, 0.717) is 0 Å². The smallest absolute Gasteiger partial charge is 0.131 e. The molecule has 0 spiro atoms. The molecule has 0 saturated carbocycles. The van der Waals surface area contributed by atoms with Gasteiger partial charge in [-0.15, -0.1) is 0 Å². The van der Waals surface area contributed by atoms with Crippen LogP contribution in [-0.2, 0) is 0 Å². The quantitative estimate of drug-likeness (QED) is 0.151. The van der Waals surface area contributed by atoms with Crippen LogP contribution in [0.25, 0.3) is 77.6 Å². The monoisotopic (exact) mass is 753 g/mol. The summed E-state index contributed by atoms with van der Waals surface area (Å²) >= 11 is 0. The molecule has 9 aromatic carbocycles. The van der Waals surface area contributed by atoms with E-state index >= 15 is 0 Å². The van der Waals surface area contributed by atoms with Crippen molar-refractivity contribution in [2.75, 3.05) is 4.90 Å². The maximum Gasteiger partial charge on any atom is 0.131 e. The highest BCUT2D eigenvalue weighted by molar-refractivity contribution is 6.22. The highest BCUT2D eigenvalue weighted by Gasteiger charge is 2.23. The fraction of sp³-hybridized carbons (Fsp3) is 0. The van der Waals surface area contributed by atoms with Gasteiger partial charge in [-0.25, -0.2) is 0 Å². The first kappa shape index (κ1) is 34.4. The van der Waals surface area contributed by atoms with Crippen LogP contribution in [0.2, 0.25) is 0 Å². The molecule has 0 bridgehead atoms. The van der Waals surface area contributed by atoms with Crippen molar-refractivity contribution in [1.29, 1.82) is 0 Å². The maximum atomic E-state index is 2.46. The first-order valence-corrected chi connectivity index (χ1v) is 20.2. The van der Waals surface area contributed by atoms with Crippen molar-refractivity contribution in [2.45, 2.75) is 0 Å². The molecule has 0 aliphatic heterocycles. The predicted molar refractivity (Wildman–Crippen MR) is 249 cm³/mol. The number of benzene rings is 9.